The van der Waals surface area contributed by atoms with Gasteiger partial charge in [0.1, 0.15) is 5.76 Å². The zero-order valence-electron chi connectivity index (χ0n) is 15.0. The lowest BCUT2D eigenvalue weighted by Crippen LogP contribution is -2.12. The summed E-state index contributed by atoms with van der Waals surface area (Å²) >= 11 is 0. The number of benzene rings is 2. The van der Waals surface area contributed by atoms with Gasteiger partial charge >= 0.3 is 0 Å². The first-order chi connectivity index (χ1) is 12.7. The Labute approximate surface area is 153 Å². The van der Waals surface area contributed by atoms with E-state index in [2.05, 4.69) is 0 Å². The molecule has 1 N–H and O–H groups in total. The first-order valence-corrected chi connectivity index (χ1v) is 8.59. The van der Waals surface area contributed by atoms with Crippen molar-refractivity contribution in [3.05, 3.63) is 76.6 Å². The Morgan fingerprint density at radius 1 is 1.00 bits per heavy atom. The summed E-state index contributed by atoms with van der Waals surface area (Å²) in [5, 5.41) is 10.7. The van der Waals surface area contributed by atoms with Gasteiger partial charge in [0.2, 0.25) is 0 Å². The van der Waals surface area contributed by atoms with Crippen LogP contribution in [0.1, 0.15) is 35.2 Å². The van der Waals surface area contributed by atoms with Crippen molar-refractivity contribution in [1.29, 1.82) is 0 Å². The summed E-state index contributed by atoms with van der Waals surface area (Å²) < 4.78 is 10.8. The highest BCUT2D eigenvalue weighted by Crippen LogP contribution is 2.36. The second-order valence-electron chi connectivity index (χ2n) is 6.13. The molecule has 0 radical (unpaired) electrons. The molecule has 1 aliphatic carbocycles. The Bertz CT molecular complexity index is 863. The molecule has 0 aliphatic heterocycles. The zero-order valence-corrected chi connectivity index (χ0v) is 15.0. The van der Waals surface area contributed by atoms with E-state index in [1.165, 1.54) is 0 Å². The van der Waals surface area contributed by atoms with Crippen LogP contribution in [0, 0.1) is 0 Å². The summed E-state index contributed by atoms with van der Waals surface area (Å²) in [5.41, 5.74) is 2.61. The minimum Gasteiger partial charge on any atom is -0.507 e. The summed E-state index contributed by atoms with van der Waals surface area (Å²) in [5.74, 6) is 1.19. The van der Waals surface area contributed by atoms with E-state index in [4.69, 9.17) is 9.47 Å². The normalized spacial score (nSPS) is 15.8. The van der Waals surface area contributed by atoms with Crippen molar-refractivity contribution in [1.82, 2.24) is 0 Å². The average molecular weight is 350 g/mol. The van der Waals surface area contributed by atoms with Crippen LogP contribution in [0.2, 0.25) is 0 Å². The van der Waals surface area contributed by atoms with E-state index >= 15 is 0 Å². The van der Waals surface area contributed by atoms with E-state index in [0.29, 0.717) is 35.5 Å². The van der Waals surface area contributed by atoms with Gasteiger partial charge in [0, 0.05) is 16.7 Å². The highest BCUT2D eigenvalue weighted by atomic mass is 16.5. The van der Waals surface area contributed by atoms with Crippen molar-refractivity contribution in [3.8, 4) is 11.5 Å². The molecule has 3 rings (SSSR count). The maximum absolute atomic E-state index is 12.7. The number of carbonyl (C=O) groups excluding carboxylic acids is 1. The fraction of sp³-hybridized carbons (Fsp3) is 0.227. The summed E-state index contributed by atoms with van der Waals surface area (Å²) in [6.45, 7) is 0. The fourth-order valence-corrected chi connectivity index (χ4v) is 3.22. The van der Waals surface area contributed by atoms with Crippen LogP contribution >= 0.6 is 0 Å². The number of methoxy groups -OCH3 is 2. The number of Topliss-reactive ketones (excluding diaryl/α,β-unsaturated/α-hetero) is 1. The lowest BCUT2D eigenvalue weighted by molar-refractivity contribution is 0.102. The van der Waals surface area contributed by atoms with E-state index < -0.39 is 0 Å². The van der Waals surface area contributed by atoms with Crippen molar-refractivity contribution < 1.29 is 19.4 Å². The van der Waals surface area contributed by atoms with Crippen LogP contribution < -0.4 is 9.47 Å². The van der Waals surface area contributed by atoms with Gasteiger partial charge in [0.15, 0.2) is 17.3 Å². The second kappa shape index (κ2) is 7.91. The molecule has 2 aromatic carbocycles. The molecule has 4 heteroatoms. The summed E-state index contributed by atoms with van der Waals surface area (Å²) in [6.07, 6.45) is 3.97. The Morgan fingerprint density at radius 3 is 2.46 bits per heavy atom. The molecule has 0 unspecified atom stereocenters. The maximum atomic E-state index is 12.7. The SMILES string of the molecule is COc1cccc(/C=C2\CCCC(C(=O)c3ccccc3)=C2O)c1OC. The molecule has 1 aliphatic rings. The van der Waals surface area contributed by atoms with Crippen LogP contribution in [0.25, 0.3) is 6.08 Å². The monoisotopic (exact) mass is 350 g/mol. The number of rotatable bonds is 5. The van der Waals surface area contributed by atoms with E-state index in [1.807, 2.05) is 42.5 Å². The van der Waals surface area contributed by atoms with Gasteiger partial charge in [-0.3, -0.25) is 4.79 Å². The Hall–Kier alpha value is -3.01. The van der Waals surface area contributed by atoms with Gasteiger partial charge in [0.05, 0.1) is 14.2 Å². The Kier molecular flexibility index (Phi) is 5.42. The fourth-order valence-electron chi connectivity index (χ4n) is 3.22. The predicted octanol–water partition coefficient (Wildman–Crippen LogP) is 4.97. The molecule has 4 nitrogen and oxygen atoms in total. The van der Waals surface area contributed by atoms with Crippen LogP contribution in [-0.2, 0) is 0 Å². The van der Waals surface area contributed by atoms with Gasteiger partial charge in [-0.25, -0.2) is 0 Å². The van der Waals surface area contributed by atoms with Crippen LogP contribution in [0.4, 0.5) is 0 Å². The van der Waals surface area contributed by atoms with Crippen LogP contribution in [0.3, 0.4) is 0 Å². The standard InChI is InChI=1S/C22H22O4/c1-25-19-13-7-11-17(22(19)26-2)14-16-10-6-12-18(21(16)24)20(23)15-8-4-3-5-9-15/h3-5,7-9,11,13-14,24H,6,10,12H2,1-2H3/b16-14+. The number of para-hydroxylation sites is 1. The van der Waals surface area contributed by atoms with Crippen molar-refractivity contribution in [2.45, 2.75) is 19.3 Å². The highest BCUT2D eigenvalue weighted by Gasteiger charge is 2.23. The van der Waals surface area contributed by atoms with E-state index in [-0.39, 0.29) is 11.5 Å². The Balaban J connectivity index is 2.01. The molecular weight excluding hydrogens is 328 g/mol. The minimum absolute atomic E-state index is 0.0787. The molecule has 2 aromatic rings. The summed E-state index contributed by atoms with van der Waals surface area (Å²) in [4.78, 5) is 12.7. The number of hydrogen-bond donors (Lipinski definition) is 1. The first-order valence-electron chi connectivity index (χ1n) is 8.59. The predicted molar refractivity (Wildman–Crippen MR) is 102 cm³/mol. The van der Waals surface area contributed by atoms with Gasteiger partial charge < -0.3 is 14.6 Å². The number of ketones is 1. The molecule has 0 aromatic heterocycles. The maximum Gasteiger partial charge on any atom is 0.192 e. The van der Waals surface area contributed by atoms with Gasteiger partial charge in [-0.2, -0.15) is 0 Å². The molecule has 0 heterocycles. The summed E-state index contributed by atoms with van der Waals surface area (Å²) in [6, 6.07) is 14.6. The van der Waals surface area contributed by atoms with Crippen LogP contribution in [0.5, 0.6) is 11.5 Å². The average Bonchev–Trinajstić information content (AvgIpc) is 2.69. The van der Waals surface area contributed by atoms with Gasteiger partial charge in [0.25, 0.3) is 0 Å². The van der Waals surface area contributed by atoms with Crippen molar-refractivity contribution >= 4 is 11.9 Å². The smallest absolute Gasteiger partial charge is 0.192 e. The molecule has 0 bridgehead atoms. The molecule has 26 heavy (non-hydrogen) atoms. The summed E-state index contributed by atoms with van der Waals surface area (Å²) in [7, 11) is 3.17. The number of hydrogen-bond acceptors (Lipinski definition) is 4. The van der Waals surface area contributed by atoms with E-state index in [1.54, 1.807) is 26.4 Å². The molecule has 0 fully saturated rings. The molecular formula is C22H22O4. The minimum atomic E-state index is -0.119. The number of ether oxygens (including phenoxy) is 2. The second-order valence-corrected chi connectivity index (χ2v) is 6.13. The molecule has 0 amide bonds. The number of allylic oxidation sites excluding steroid dienone is 2. The Morgan fingerprint density at radius 2 is 1.77 bits per heavy atom. The van der Waals surface area contributed by atoms with Crippen molar-refractivity contribution in [2.24, 2.45) is 0 Å². The van der Waals surface area contributed by atoms with E-state index in [9.17, 15) is 9.90 Å². The van der Waals surface area contributed by atoms with Gasteiger partial charge in [-0.1, -0.05) is 42.5 Å². The lowest BCUT2D eigenvalue weighted by atomic mass is 9.87. The highest BCUT2D eigenvalue weighted by molar-refractivity contribution is 6.09. The number of carbonyl (C=O) groups is 1. The third kappa shape index (κ3) is 3.49. The zero-order chi connectivity index (χ0) is 18.5. The van der Waals surface area contributed by atoms with Crippen LogP contribution in [0.15, 0.2) is 65.4 Å². The molecule has 0 atom stereocenters. The third-order valence-electron chi connectivity index (χ3n) is 4.54. The van der Waals surface area contributed by atoms with Crippen molar-refractivity contribution in [3.63, 3.8) is 0 Å². The van der Waals surface area contributed by atoms with Gasteiger partial charge in [-0.05, 0) is 37.0 Å². The topological polar surface area (TPSA) is 55.8 Å². The van der Waals surface area contributed by atoms with Crippen LogP contribution in [-0.4, -0.2) is 25.1 Å². The van der Waals surface area contributed by atoms with E-state index in [0.717, 1.165) is 17.6 Å². The number of aliphatic hydroxyl groups excluding tert-OH is 1. The molecule has 0 spiro atoms. The molecule has 0 saturated carbocycles. The molecule has 0 saturated heterocycles. The quantitative estimate of drug-likeness (QED) is 0.774. The van der Waals surface area contributed by atoms with Gasteiger partial charge in [-0.15, -0.1) is 0 Å². The largest absolute Gasteiger partial charge is 0.507 e. The lowest BCUT2D eigenvalue weighted by Gasteiger charge is -2.19. The third-order valence-corrected chi connectivity index (χ3v) is 4.54. The van der Waals surface area contributed by atoms with Crippen molar-refractivity contribution in [2.75, 3.05) is 14.2 Å². The number of aliphatic hydroxyl groups is 1. The first kappa shape index (κ1) is 17.8. The molecule has 134 valence electrons.